The van der Waals surface area contributed by atoms with Crippen LogP contribution in [0.15, 0.2) is 21.3 Å². The van der Waals surface area contributed by atoms with Crippen LogP contribution in [-0.4, -0.2) is 68.7 Å². The molecule has 0 spiro atoms. The van der Waals surface area contributed by atoms with Gasteiger partial charge < -0.3 is 19.4 Å². The van der Waals surface area contributed by atoms with Crippen molar-refractivity contribution in [2.45, 2.75) is 45.8 Å². The van der Waals surface area contributed by atoms with Gasteiger partial charge >= 0.3 is 11.7 Å². The lowest BCUT2D eigenvalue weighted by atomic mass is 10.1. The number of likely N-dealkylation sites (N-methyl/N-ethyl adjacent to an activating group) is 1. The van der Waals surface area contributed by atoms with Gasteiger partial charge in [-0.05, 0) is 65.9 Å². The second-order valence-electron chi connectivity index (χ2n) is 9.09. The van der Waals surface area contributed by atoms with E-state index < -0.39 is 27.2 Å². The third-order valence-corrected chi connectivity index (χ3v) is 5.42. The standard InChI is InChI=1S/C21H32N4O6S/c1-13-15(24-20(27)31-21(2,3)4)8-9-16-17(13)18(26)30-19(23-16)22-14(12-25(5)6)10-11-32(7,28)29/h8-9,14H,10-12H2,1-7H3,(H,22,23)(H,24,27)/t14-/m0/s1. The van der Waals surface area contributed by atoms with E-state index in [1.807, 2.05) is 19.0 Å². The highest BCUT2D eigenvalue weighted by Gasteiger charge is 2.20. The molecule has 32 heavy (non-hydrogen) atoms. The Bertz CT molecular complexity index is 1140. The number of hydrogen-bond acceptors (Lipinski definition) is 9. The Balaban J connectivity index is 2.31. The summed E-state index contributed by atoms with van der Waals surface area (Å²) in [7, 11) is 0.587. The zero-order chi connectivity index (χ0) is 24.3. The molecule has 0 saturated heterocycles. The van der Waals surface area contributed by atoms with Crippen molar-refractivity contribution in [1.29, 1.82) is 0 Å². The Kier molecular flexibility index (Phi) is 7.89. The lowest BCUT2D eigenvalue weighted by molar-refractivity contribution is 0.0636. The van der Waals surface area contributed by atoms with Crippen molar-refractivity contribution >= 4 is 38.5 Å². The van der Waals surface area contributed by atoms with E-state index in [-0.39, 0.29) is 23.2 Å². The first-order chi connectivity index (χ1) is 14.6. The number of fused-ring (bicyclic) bond motifs is 1. The molecule has 2 rings (SSSR count). The Morgan fingerprint density at radius 1 is 1.28 bits per heavy atom. The molecular weight excluding hydrogens is 436 g/mol. The molecule has 1 aromatic heterocycles. The first kappa shape index (κ1) is 25.6. The number of hydrogen-bond donors (Lipinski definition) is 2. The van der Waals surface area contributed by atoms with E-state index in [0.717, 1.165) is 0 Å². The third kappa shape index (κ3) is 7.79. The molecule has 1 atom stereocenters. The third-order valence-electron chi connectivity index (χ3n) is 4.44. The van der Waals surface area contributed by atoms with Crippen molar-refractivity contribution in [1.82, 2.24) is 9.88 Å². The number of carbonyl (C=O) groups excluding carboxylic acids is 1. The molecule has 0 unspecified atom stereocenters. The van der Waals surface area contributed by atoms with Crippen LogP contribution in [-0.2, 0) is 14.6 Å². The molecule has 2 aromatic rings. The molecule has 1 aromatic carbocycles. The van der Waals surface area contributed by atoms with E-state index in [2.05, 4.69) is 15.6 Å². The van der Waals surface area contributed by atoms with Gasteiger partial charge in [-0.2, -0.15) is 4.98 Å². The van der Waals surface area contributed by atoms with E-state index in [4.69, 9.17) is 9.15 Å². The van der Waals surface area contributed by atoms with E-state index >= 15 is 0 Å². The summed E-state index contributed by atoms with van der Waals surface area (Å²) in [5.74, 6) is -0.00484. The minimum atomic E-state index is -3.14. The summed E-state index contributed by atoms with van der Waals surface area (Å²) in [5.41, 5.74) is 0.0384. The predicted molar refractivity (Wildman–Crippen MR) is 125 cm³/mol. The molecular formula is C21H32N4O6S. The van der Waals surface area contributed by atoms with Crippen LogP contribution in [0.4, 0.5) is 16.5 Å². The van der Waals surface area contributed by atoms with Gasteiger partial charge in [-0.15, -0.1) is 0 Å². The zero-order valence-corrected chi connectivity index (χ0v) is 20.4. The van der Waals surface area contributed by atoms with Crippen LogP contribution in [0.5, 0.6) is 0 Å². The fourth-order valence-electron chi connectivity index (χ4n) is 3.11. The summed E-state index contributed by atoms with van der Waals surface area (Å²) in [4.78, 5) is 31.1. The molecule has 178 valence electrons. The van der Waals surface area contributed by atoms with Crippen LogP contribution in [0, 0.1) is 6.92 Å². The smallest absolute Gasteiger partial charge is 0.412 e. The lowest BCUT2D eigenvalue weighted by Gasteiger charge is -2.22. The van der Waals surface area contributed by atoms with Gasteiger partial charge in [0.15, 0.2) is 0 Å². The number of nitrogens with zero attached hydrogens (tertiary/aromatic N) is 2. The van der Waals surface area contributed by atoms with Crippen molar-refractivity contribution in [3.05, 3.63) is 28.1 Å². The maximum absolute atomic E-state index is 12.7. The molecule has 1 heterocycles. The topological polar surface area (TPSA) is 131 Å². The van der Waals surface area contributed by atoms with Crippen LogP contribution >= 0.6 is 0 Å². The number of rotatable bonds is 8. The molecule has 0 aliphatic heterocycles. The summed E-state index contributed by atoms with van der Waals surface area (Å²) in [6, 6.07) is 2.96. The van der Waals surface area contributed by atoms with Gasteiger partial charge in [0.1, 0.15) is 15.4 Å². The van der Waals surface area contributed by atoms with Crippen LogP contribution < -0.4 is 16.3 Å². The quantitative estimate of drug-likeness (QED) is 0.600. The van der Waals surface area contributed by atoms with Crippen LogP contribution in [0.1, 0.15) is 32.8 Å². The van der Waals surface area contributed by atoms with Gasteiger partial charge in [0.05, 0.1) is 16.7 Å². The van der Waals surface area contributed by atoms with Crippen molar-refractivity contribution in [2.75, 3.05) is 43.3 Å². The Morgan fingerprint density at radius 3 is 2.50 bits per heavy atom. The molecule has 0 radical (unpaired) electrons. The molecule has 10 nitrogen and oxygen atoms in total. The molecule has 0 aliphatic carbocycles. The highest BCUT2D eigenvalue weighted by Crippen LogP contribution is 2.24. The summed E-state index contributed by atoms with van der Waals surface area (Å²) in [5, 5.41) is 5.91. The normalized spacial score (nSPS) is 13.2. The van der Waals surface area contributed by atoms with Gasteiger partial charge in [0.25, 0.3) is 6.01 Å². The highest BCUT2D eigenvalue weighted by molar-refractivity contribution is 7.90. The SMILES string of the molecule is Cc1c(NC(=O)OC(C)(C)C)ccc2nc(N[C@@H](CCS(C)(=O)=O)CN(C)C)oc(=O)c12. The monoisotopic (exact) mass is 468 g/mol. The number of benzene rings is 1. The van der Waals surface area contributed by atoms with Crippen molar-refractivity contribution in [3.63, 3.8) is 0 Å². The van der Waals surface area contributed by atoms with Gasteiger partial charge in [0.2, 0.25) is 0 Å². The minimum absolute atomic E-state index is 0.00484. The molecule has 0 fully saturated rings. The summed E-state index contributed by atoms with van der Waals surface area (Å²) >= 11 is 0. The fraction of sp³-hybridized carbons (Fsp3) is 0.571. The van der Waals surface area contributed by atoms with E-state index in [0.29, 0.717) is 29.7 Å². The Labute approximate surface area is 188 Å². The zero-order valence-electron chi connectivity index (χ0n) is 19.6. The number of carbonyl (C=O) groups is 1. The molecule has 0 aliphatic rings. The maximum atomic E-state index is 12.7. The number of anilines is 2. The second kappa shape index (κ2) is 9.86. The fourth-order valence-corrected chi connectivity index (χ4v) is 3.82. The van der Waals surface area contributed by atoms with Crippen LogP contribution in [0.2, 0.25) is 0 Å². The van der Waals surface area contributed by atoms with Crippen molar-refractivity contribution < 1.29 is 22.4 Å². The molecule has 0 bridgehead atoms. The predicted octanol–water partition coefficient (Wildman–Crippen LogP) is 2.62. The molecule has 1 amide bonds. The Morgan fingerprint density at radius 2 is 1.94 bits per heavy atom. The van der Waals surface area contributed by atoms with Crippen LogP contribution in [0.25, 0.3) is 10.9 Å². The van der Waals surface area contributed by atoms with Gasteiger partial charge in [-0.25, -0.2) is 18.0 Å². The summed E-state index contributed by atoms with van der Waals surface area (Å²) in [6.45, 7) is 7.48. The van der Waals surface area contributed by atoms with Gasteiger partial charge in [0, 0.05) is 24.5 Å². The molecule has 11 heteroatoms. The molecule has 2 N–H and O–H groups in total. The van der Waals surface area contributed by atoms with E-state index in [1.165, 1.54) is 6.26 Å². The number of aromatic nitrogens is 1. The maximum Gasteiger partial charge on any atom is 0.412 e. The number of sulfone groups is 1. The average molecular weight is 469 g/mol. The summed E-state index contributed by atoms with van der Waals surface area (Å²) < 4.78 is 33.7. The van der Waals surface area contributed by atoms with E-state index in [1.54, 1.807) is 39.8 Å². The second-order valence-corrected chi connectivity index (χ2v) is 11.3. The first-order valence-electron chi connectivity index (χ1n) is 10.2. The number of ether oxygens (including phenoxy) is 1. The van der Waals surface area contributed by atoms with E-state index in [9.17, 15) is 18.0 Å². The number of aryl methyl sites for hydroxylation is 1. The summed E-state index contributed by atoms with van der Waals surface area (Å²) in [6.07, 6.45) is 0.880. The highest BCUT2D eigenvalue weighted by atomic mass is 32.2. The van der Waals surface area contributed by atoms with Crippen molar-refractivity contribution in [2.24, 2.45) is 0 Å². The average Bonchev–Trinajstić information content (AvgIpc) is 2.59. The number of amides is 1. The largest absolute Gasteiger partial charge is 0.444 e. The number of nitrogens with one attached hydrogen (secondary N) is 2. The van der Waals surface area contributed by atoms with Gasteiger partial charge in [-0.3, -0.25) is 5.32 Å². The minimum Gasteiger partial charge on any atom is -0.444 e. The first-order valence-corrected chi connectivity index (χ1v) is 12.2. The van der Waals surface area contributed by atoms with Gasteiger partial charge in [-0.1, -0.05) is 0 Å². The molecule has 0 saturated carbocycles. The van der Waals surface area contributed by atoms with Crippen molar-refractivity contribution in [3.8, 4) is 0 Å². The lowest BCUT2D eigenvalue weighted by Crippen LogP contribution is -2.34. The Hall–Kier alpha value is -2.66. The van der Waals surface area contributed by atoms with Crippen LogP contribution in [0.3, 0.4) is 0 Å².